The zero-order valence-electron chi connectivity index (χ0n) is 16.5. The average Bonchev–Trinajstić information content (AvgIpc) is 2.65. The lowest BCUT2D eigenvalue weighted by molar-refractivity contribution is 0.167. The normalized spacial score (nSPS) is 11.0. The van der Waals surface area contributed by atoms with Gasteiger partial charge in [-0.3, -0.25) is 10.0 Å². The molecule has 152 valence electrons. The van der Waals surface area contributed by atoms with Crippen LogP contribution in [0, 0.1) is 6.92 Å². The average molecular weight is 407 g/mol. The minimum absolute atomic E-state index is 0.00746. The summed E-state index contributed by atoms with van der Waals surface area (Å²) in [6.45, 7) is 7.85. The van der Waals surface area contributed by atoms with E-state index in [-0.39, 0.29) is 17.2 Å². The van der Waals surface area contributed by atoms with Gasteiger partial charge in [-0.05, 0) is 56.5 Å². The molecule has 2 N–H and O–H groups in total. The number of carbonyl (C=O) groups excluding carboxylic acids is 1. The lowest BCUT2D eigenvalue weighted by Gasteiger charge is -2.16. The quantitative estimate of drug-likeness (QED) is 0.681. The summed E-state index contributed by atoms with van der Waals surface area (Å²) >= 11 is 0. The fourth-order valence-corrected chi connectivity index (χ4v) is 3.89. The van der Waals surface area contributed by atoms with E-state index in [1.54, 1.807) is 13.8 Å². The first-order valence-corrected chi connectivity index (χ1v) is 10.6. The van der Waals surface area contributed by atoms with Crippen LogP contribution in [-0.4, -0.2) is 27.7 Å². The number of hydrogen-bond acceptors (Lipinski definition) is 5. The molecule has 0 aromatic heterocycles. The summed E-state index contributed by atoms with van der Waals surface area (Å²) in [5, 5.41) is 2.53. The lowest BCUT2D eigenvalue weighted by atomic mass is 10.1. The molecule has 2 aromatic rings. The van der Waals surface area contributed by atoms with Crippen LogP contribution in [0.1, 0.15) is 31.9 Å². The van der Waals surface area contributed by atoms with Crippen LogP contribution < -0.4 is 14.8 Å². The van der Waals surface area contributed by atoms with Crippen LogP contribution in [0.5, 0.6) is 5.75 Å². The number of ether oxygens (including phenoxy) is 2. The minimum Gasteiger partial charge on any atom is -0.492 e. The van der Waals surface area contributed by atoms with E-state index in [1.807, 2.05) is 32.0 Å². The van der Waals surface area contributed by atoms with Gasteiger partial charge in [0.25, 0.3) is 10.0 Å². The second-order valence-electron chi connectivity index (χ2n) is 6.00. The number of hydrogen-bond donors (Lipinski definition) is 2. The van der Waals surface area contributed by atoms with Crippen LogP contribution in [0.3, 0.4) is 0 Å². The predicted octanol–water partition coefficient (Wildman–Crippen LogP) is 4.33. The molecule has 0 bridgehead atoms. The monoisotopic (exact) mass is 406 g/mol. The van der Waals surface area contributed by atoms with Crippen molar-refractivity contribution in [3.8, 4) is 5.75 Å². The molecule has 0 atom stereocenters. The fraction of sp³-hybridized carbons (Fsp3) is 0.350. The van der Waals surface area contributed by atoms with Gasteiger partial charge in [0.05, 0.1) is 29.5 Å². The Morgan fingerprint density at radius 1 is 1.07 bits per heavy atom. The molecule has 0 aliphatic rings. The Hall–Kier alpha value is -2.74. The largest absolute Gasteiger partial charge is 0.492 e. The molecule has 1 amide bonds. The number of carbonyl (C=O) groups is 1. The first kappa shape index (κ1) is 21.6. The molecule has 0 saturated carbocycles. The van der Waals surface area contributed by atoms with E-state index >= 15 is 0 Å². The molecule has 0 radical (unpaired) electrons. The topological polar surface area (TPSA) is 93.7 Å². The van der Waals surface area contributed by atoms with E-state index in [0.717, 1.165) is 11.1 Å². The van der Waals surface area contributed by atoms with Crippen molar-refractivity contribution in [2.75, 3.05) is 23.3 Å². The summed E-state index contributed by atoms with van der Waals surface area (Å²) in [4.78, 5) is 11.8. The molecule has 0 spiro atoms. The van der Waals surface area contributed by atoms with Gasteiger partial charge >= 0.3 is 6.09 Å². The maximum atomic E-state index is 13.0. The number of nitrogens with one attached hydrogen (secondary N) is 2. The predicted molar refractivity (Wildman–Crippen MR) is 110 cm³/mol. The first-order chi connectivity index (χ1) is 13.3. The van der Waals surface area contributed by atoms with Crippen molar-refractivity contribution in [1.82, 2.24) is 0 Å². The molecular weight excluding hydrogens is 380 g/mol. The van der Waals surface area contributed by atoms with Crippen molar-refractivity contribution in [1.29, 1.82) is 0 Å². The zero-order valence-corrected chi connectivity index (χ0v) is 17.4. The Labute approximate surface area is 166 Å². The summed E-state index contributed by atoms with van der Waals surface area (Å²) in [5.74, 6) is 0.361. The molecule has 0 fully saturated rings. The maximum absolute atomic E-state index is 13.0. The standard InChI is InChI=1S/C20H26N2O5S/c1-5-15-10-8-9-14(4)19(15)22-28(24,25)16-11-12-18(26-6-2)17(13-16)21-20(23)27-7-3/h8-13,22H,5-7H2,1-4H3,(H,21,23). The van der Waals surface area contributed by atoms with Gasteiger partial charge in [-0.15, -0.1) is 0 Å². The van der Waals surface area contributed by atoms with Crippen LogP contribution in [0.4, 0.5) is 16.2 Å². The number of aryl methyl sites for hydroxylation is 2. The number of anilines is 2. The summed E-state index contributed by atoms with van der Waals surface area (Å²) < 4.78 is 38.9. The molecular formula is C20H26N2O5S. The maximum Gasteiger partial charge on any atom is 0.411 e. The van der Waals surface area contributed by atoms with Crippen molar-refractivity contribution < 1.29 is 22.7 Å². The van der Waals surface area contributed by atoms with Gasteiger partial charge in [-0.2, -0.15) is 0 Å². The number of amides is 1. The summed E-state index contributed by atoms with van der Waals surface area (Å²) in [7, 11) is -3.87. The minimum atomic E-state index is -3.87. The van der Waals surface area contributed by atoms with Crippen molar-refractivity contribution in [2.45, 2.75) is 39.0 Å². The fourth-order valence-electron chi connectivity index (χ4n) is 2.69. The van der Waals surface area contributed by atoms with Gasteiger partial charge < -0.3 is 9.47 Å². The van der Waals surface area contributed by atoms with Crippen LogP contribution in [0.25, 0.3) is 0 Å². The van der Waals surface area contributed by atoms with E-state index in [2.05, 4.69) is 10.0 Å². The molecule has 0 aliphatic carbocycles. The lowest BCUT2D eigenvalue weighted by Crippen LogP contribution is -2.17. The molecule has 8 heteroatoms. The second kappa shape index (κ2) is 9.45. The van der Waals surface area contributed by atoms with Gasteiger partial charge in [0.2, 0.25) is 0 Å². The van der Waals surface area contributed by atoms with E-state index < -0.39 is 16.1 Å². The van der Waals surface area contributed by atoms with E-state index in [0.29, 0.717) is 24.5 Å². The second-order valence-corrected chi connectivity index (χ2v) is 7.69. The molecule has 2 rings (SSSR count). The van der Waals surface area contributed by atoms with Crippen molar-refractivity contribution in [2.24, 2.45) is 0 Å². The molecule has 7 nitrogen and oxygen atoms in total. The van der Waals surface area contributed by atoms with Gasteiger partial charge in [0, 0.05) is 0 Å². The van der Waals surface area contributed by atoms with E-state index in [1.165, 1.54) is 18.2 Å². The Morgan fingerprint density at radius 3 is 2.46 bits per heavy atom. The van der Waals surface area contributed by atoms with Gasteiger partial charge in [0.15, 0.2) is 0 Å². The number of rotatable bonds is 8. The number of para-hydroxylation sites is 1. The smallest absolute Gasteiger partial charge is 0.411 e. The molecule has 0 unspecified atom stereocenters. The highest BCUT2D eigenvalue weighted by atomic mass is 32.2. The van der Waals surface area contributed by atoms with Crippen molar-refractivity contribution in [3.05, 3.63) is 47.5 Å². The SMILES string of the molecule is CCOC(=O)Nc1cc(S(=O)(=O)Nc2c(C)cccc2CC)ccc1OCC. The molecule has 0 aliphatic heterocycles. The molecule has 0 heterocycles. The first-order valence-electron chi connectivity index (χ1n) is 9.14. The molecule has 2 aromatic carbocycles. The third-order valence-electron chi connectivity index (χ3n) is 4.05. The van der Waals surface area contributed by atoms with Crippen LogP contribution >= 0.6 is 0 Å². The highest BCUT2D eigenvalue weighted by Gasteiger charge is 2.20. The van der Waals surface area contributed by atoms with Crippen molar-refractivity contribution >= 4 is 27.5 Å². The van der Waals surface area contributed by atoms with Crippen LogP contribution in [0.2, 0.25) is 0 Å². The summed E-state index contributed by atoms with van der Waals surface area (Å²) in [6, 6.07) is 9.93. The van der Waals surface area contributed by atoms with Crippen LogP contribution in [0.15, 0.2) is 41.3 Å². The Morgan fingerprint density at radius 2 is 1.82 bits per heavy atom. The molecule has 28 heavy (non-hydrogen) atoms. The van der Waals surface area contributed by atoms with E-state index in [4.69, 9.17) is 9.47 Å². The van der Waals surface area contributed by atoms with Crippen molar-refractivity contribution in [3.63, 3.8) is 0 Å². The zero-order chi connectivity index (χ0) is 20.7. The third kappa shape index (κ3) is 5.16. The third-order valence-corrected chi connectivity index (χ3v) is 5.40. The summed E-state index contributed by atoms with van der Waals surface area (Å²) in [6.07, 6.45) is 0.0106. The van der Waals surface area contributed by atoms with Gasteiger partial charge in [0.1, 0.15) is 5.75 Å². The highest BCUT2D eigenvalue weighted by Crippen LogP contribution is 2.30. The van der Waals surface area contributed by atoms with Gasteiger partial charge in [-0.1, -0.05) is 25.1 Å². The molecule has 0 saturated heterocycles. The number of sulfonamides is 1. The number of benzene rings is 2. The van der Waals surface area contributed by atoms with E-state index in [9.17, 15) is 13.2 Å². The Bertz CT molecular complexity index is 942. The highest BCUT2D eigenvalue weighted by molar-refractivity contribution is 7.92. The summed E-state index contributed by atoms with van der Waals surface area (Å²) in [5.41, 5.74) is 2.53. The van der Waals surface area contributed by atoms with Crippen LogP contribution in [-0.2, 0) is 21.2 Å². The Kier molecular flexibility index (Phi) is 7.28. The van der Waals surface area contributed by atoms with Gasteiger partial charge in [-0.25, -0.2) is 13.2 Å². The Balaban J connectivity index is 2.41.